The molecule has 0 aliphatic rings. The fourth-order valence-corrected chi connectivity index (χ4v) is 2.29. The normalized spacial score (nSPS) is 11.9. The maximum absolute atomic E-state index is 11.4. The second-order valence-electron chi connectivity index (χ2n) is 3.46. The molecule has 0 saturated heterocycles. The molecule has 0 aliphatic heterocycles. The van der Waals surface area contributed by atoms with Gasteiger partial charge in [-0.2, -0.15) is 0 Å². The van der Waals surface area contributed by atoms with Gasteiger partial charge in [0.2, 0.25) is 5.91 Å². The van der Waals surface area contributed by atoms with Crippen molar-refractivity contribution < 1.29 is 13.2 Å². The van der Waals surface area contributed by atoms with E-state index in [1.165, 1.54) is 0 Å². The molecule has 0 rings (SSSR count). The van der Waals surface area contributed by atoms with Crippen LogP contribution in [0.4, 0.5) is 0 Å². The average Bonchev–Trinajstić information content (AvgIpc) is 2.13. The Hall–Kier alpha value is -0.660. The van der Waals surface area contributed by atoms with Crippen molar-refractivity contribution in [1.82, 2.24) is 4.90 Å². The first-order chi connectivity index (χ1) is 6.87. The van der Waals surface area contributed by atoms with E-state index in [0.29, 0.717) is 19.6 Å². The fraction of sp³-hybridized carbons (Fsp3) is 0.875. The van der Waals surface area contributed by atoms with Gasteiger partial charge in [-0.1, -0.05) is 0 Å². The Morgan fingerprint density at radius 3 is 2.33 bits per heavy atom. The van der Waals surface area contributed by atoms with E-state index in [4.69, 9.17) is 11.5 Å². The molecule has 0 aromatic carbocycles. The molecule has 0 radical (unpaired) electrons. The number of primary amides is 1. The minimum Gasteiger partial charge on any atom is -0.370 e. The second-order valence-corrected chi connectivity index (χ2v) is 5.76. The molecule has 0 aliphatic carbocycles. The van der Waals surface area contributed by atoms with E-state index in [9.17, 15) is 13.2 Å². The summed E-state index contributed by atoms with van der Waals surface area (Å²) in [5.41, 5.74) is 10.2. The third kappa shape index (κ3) is 8.34. The smallest absolute Gasteiger partial charge is 0.218 e. The van der Waals surface area contributed by atoms with E-state index >= 15 is 0 Å². The number of hydrogen-bond acceptors (Lipinski definition) is 5. The van der Waals surface area contributed by atoms with Crippen molar-refractivity contribution in [3.63, 3.8) is 0 Å². The van der Waals surface area contributed by atoms with Crippen molar-refractivity contribution >= 4 is 15.7 Å². The number of carbonyl (C=O) groups excluding carboxylic acids is 1. The lowest BCUT2D eigenvalue weighted by atomic mass is 10.5. The highest BCUT2D eigenvalue weighted by molar-refractivity contribution is 7.91. The molecule has 0 aromatic heterocycles. The summed E-state index contributed by atoms with van der Waals surface area (Å²) in [4.78, 5) is 12.3. The number of carbonyl (C=O) groups is 1. The second kappa shape index (κ2) is 6.76. The van der Waals surface area contributed by atoms with Crippen molar-refractivity contribution in [2.45, 2.75) is 6.42 Å². The van der Waals surface area contributed by atoms with Gasteiger partial charge in [0.15, 0.2) is 9.84 Å². The van der Waals surface area contributed by atoms with E-state index < -0.39 is 15.7 Å². The Morgan fingerprint density at radius 1 is 1.27 bits per heavy atom. The predicted octanol–water partition coefficient (Wildman–Crippen LogP) is -1.83. The molecule has 0 spiro atoms. The van der Waals surface area contributed by atoms with E-state index in [0.717, 1.165) is 0 Å². The zero-order valence-corrected chi connectivity index (χ0v) is 9.79. The molecular formula is C8H19N3O3S. The molecule has 90 valence electrons. The summed E-state index contributed by atoms with van der Waals surface area (Å²) in [6, 6.07) is 0. The number of hydrogen-bond donors (Lipinski definition) is 2. The van der Waals surface area contributed by atoms with Crippen LogP contribution in [0, 0.1) is 0 Å². The van der Waals surface area contributed by atoms with Crippen molar-refractivity contribution in [2.75, 3.05) is 38.2 Å². The van der Waals surface area contributed by atoms with Gasteiger partial charge < -0.3 is 16.4 Å². The molecule has 4 N–H and O–H groups in total. The van der Waals surface area contributed by atoms with Crippen molar-refractivity contribution in [3.05, 3.63) is 0 Å². The Bertz CT molecular complexity index is 290. The molecule has 6 nitrogen and oxygen atoms in total. The topological polar surface area (TPSA) is 106 Å². The van der Waals surface area contributed by atoms with Gasteiger partial charge in [0.1, 0.15) is 0 Å². The number of nitrogens with zero attached hydrogens (tertiary/aromatic N) is 1. The summed E-state index contributed by atoms with van der Waals surface area (Å²) in [6.07, 6.45) is -0.108. The third-order valence-corrected chi connectivity index (χ3v) is 3.59. The van der Waals surface area contributed by atoms with Gasteiger partial charge in [-0.25, -0.2) is 8.42 Å². The molecule has 15 heavy (non-hydrogen) atoms. The Morgan fingerprint density at radius 2 is 1.87 bits per heavy atom. The number of rotatable bonds is 8. The zero-order valence-electron chi connectivity index (χ0n) is 8.98. The van der Waals surface area contributed by atoms with Crippen molar-refractivity contribution in [3.8, 4) is 0 Å². The van der Waals surface area contributed by atoms with E-state index in [-0.39, 0.29) is 17.9 Å². The SMILES string of the molecule is CN(CCN)CCS(=O)(=O)CCC(N)=O. The van der Waals surface area contributed by atoms with Crippen LogP contribution in [-0.2, 0) is 14.6 Å². The first-order valence-corrected chi connectivity index (χ1v) is 6.57. The van der Waals surface area contributed by atoms with Crippen LogP contribution < -0.4 is 11.5 Å². The number of likely N-dealkylation sites (N-methyl/N-ethyl adjacent to an activating group) is 1. The first kappa shape index (κ1) is 14.3. The number of amides is 1. The van der Waals surface area contributed by atoms with Crippen LogP contribution in [0.5, 0.6) is 0 Å². The van der Waals surface area contributed by atoms with Crippen LogP contribution in [0.1, 0.15) is 6.42 Å². The average molecular weight is 237 g/mol. The highest BCUT2D eigenvalue weighted by Gasteiger charge is 2.13. The summed E-state index contributed by atoms with van der Waals surface area (Å²) in [5.74, 6) is -0.718. The summed E-state index contributed by atoms with van der Waals surface area (Å²) >= 11 is 0. The van der Waals surface area contributed by atoms with Gasteiger partial charge >= 0.3 is 0 Å². The summed E-state index contributed by atoms with van der Waals surface area (Å²) in [6.45, 7) is 1.58. The summed E-state index contributed by atoms with van der Waals surface area (Å²) in [5, 5.41) is 0. The lowest BCUT2D eigenvalue weighted by molar-refractivity contribution is -0.117. The predicted molar refractivity (Wildman–Crippen MR) is 59.0 cm³/mol. The standard InChI is InChI=1S/C8H19N3O3S/c1-11(4-3-9)5-7-15(13,14)6-2-8(10)12/h2-7,9H2,1H3,(H2,10,12). The zero-order chi connectivity index (χ0) is 11.9. The van der Waals surface area contributed by atoms with Gasteiger partial charge in [0, 0.05) is 26.1 Å². The van der Waals surface area contributed by atoms with Gasteiger partial charge in [0.05, 0.1) is 11.5 Å². The van der Waals surface area contributed by atoms with Gasteiger partial charge in [-0.3, -0.25) is 4.79 Å². The first-order valence-electron chi connectivity index (χ1n) is 4.74. The van der Waals surface area contributed by atoms with Crippen molar-refractivity contribution in [2.24, 2.45) is 11.5 Å². The highest BCUT2D eigenvalue weighted by atomic mass is 32.2. The van der Waals surface area contributed by atoms with Crippen LogP contribution in [0.2, 0.25) is 0 Å². The Kier molecular flexibility index (Phi) is 6.46. The van der Waals surface area contributed by atoms with Crippen LogP contribution in [0.15, 0.2) is 0 Å². The molecule has 0 unspecified atom stereocenters. The lowest BCUT2D eigenvalue weighted by Gasteiger charge is -2.14. The van der Waals surface area contributed by atoms with Crippen LogP contribution in [0.3, 0.4) is 0 Å². The molecule has 0 atom stereocenters. The molecule has 0 heterocycles. The van der Waals surface area contributed by atoms with Crippen molar-refractivity contribution in [1.29, 1.82) is 0 Å². The maximum atomic E-state index is 11.4. The van der Waals surface area contributed by atoms with Gasteiger partial charge in [-0.05, 0) is 7.05 Å². The Labute approximate surface area is 90.5 Å². The van der Waals surface area contributed by atoms with E-state index in [1.807, 2.05) is 4.90 Å². The van der Waals surface area contributed by atoms with Gasteiger partial charge in [0.25, 0.3) is 0 Å². The minimum atomic E-state index is -3.17. The fourth-order valence-electron chi connectivity index (χ4n) is 0.985. The number of nitrogens with two attached hydrogens (primary N) is 2. The van der Waals surface area contributed by atoms with Crippen LogP contribution in [0.25, 0.3) is 0 Å². The monoisotopic (exact) mass is 237 g/mol. The molecule has 7 heteroatoms. The minimum absolute atomic E-state index is 0.0385. The van der Waals surface area contributed by atoms with Crippen LogP contribution in [-0.4, -0.2) is 57.4 Å². The molecule has 0 bridgehead atoms. The molecule has 0 aromatic rings. The molecular weight excluding hydrogens is 218 g/mol. The van der Waals surface area contributed by atoms with Crippen LogP contribution >= 0.6 is 0 Å². The Balaban J connectivity index is 3.88. The highest BCUT2D eigenvalue weighted by Crippen LogP contribution is 1.95. The van der Waals surface area contributed by atoms with Gasteiger partial charge in [-0.15, -0.1) is 0 Å². The lowest BCUT2D eigenvalue weighted by Crippen LogP contribution is -2.31. The largest absolute Gasteiger partial charge is 0.370 e. The molecule has 0 fully saturated rings. The van der Waals surface area contributed by atoms with E-state index in [2.05, 4.69) is 0 Å². The maximum Gasteiger partial charge on any atom is 0.218 e. The number of sulfone groups is 1. The molecule has 1 amide bonds. The van der Waals surface area contributed by atoms with E-state index in [1.54, 1.807) is 7.05 Å². The summed E-state index contributed by atoms with van der Waals surface area (Å²) < 4.78 is 22.8. The molecule has 0 saturated carbocycles. The third-order valence-electron chi connectivity index (χ3n) is 1.95. The quantitative estimate of drug-likeness (QED) is 0.516. The summed E-state index contributed by atoms with van der Waals surface area (Å²) in [7, 11) is -1.37.